The van der Waals surface area contributed by atoms with E-state index < -0.39 is 6.04 Å². The highest BCUT2D eigenvalue weighted by atomic mass is 35.5. The van der Waals surface area contributed by atoms with Crippen molar-refractivity contribution < 1.29 is 4.79 Å². The summed E-state index contributed by atoms with van der Waals surface area (Å²) >= 11 is 0. The molecule has 3 N–H and O–H groups in total. The summed E-state index contributed by atoms with van der Waals surface area (Å²) in [5.74, 6) is -0.118. The molecule has 1 unspecified atom stereocenters. The molecule has 1 aromatic rings. The zero-order valence-corrected chi connectivity index (χ0v) is 13.4. The summed E-state index contributed by atoms with van der Waals surface area (Å²) in [6, 6.07) is 7.89. The Morgan fingerprint density at radius 3 is 2.15 bits per heavy atom. The molecule has 0 saturated carbocycles. The first kappa shape index (κ1) is 18.9. The summed E-state index contributed by atoms with van der Waals surface area (Å²) < 4.78 is 0. The highest BCUT2D eigenvalue weighted by Crippen LogP contribution is 2.07. The number of hydrogen-bond donors (Lipinski definition) is 2. The van der Waals surface area contributed by atoms with Gasteiger partial charge in [0.05, 0.1) is 6.04 Å². The van der Waals surface area contributed by atoms with Crippen molar-refractivity contribution in [3.63, 3.8) is 0 Å². The number of rotatable bonds is 7. The van der Waals surface area contributed by atoms with Crippen LogP contribution >= 0.6 is 12.4 Å². The zero-order valence-electron chi connectivity index (χ0n) is 12.6. The molecule has 114 valence electrons. The molecule has 0 fully saturated rings. The fraction of sp³-hybridized carbons (Fsp3) is 0.533. The van der Waals surface area contributed by atoms with E-state index >= 15 is 0 Å². The Morgan fingerprint density at radius 1 is 1.20 bits per heavy atom. The Balaban J connectivity index is 0.00000361. The topological polar surface area (TPSA) is 58.4 Å². The van der Waals surface area contributed by atoms with E-state index in [1.54, 1.807) is 6.92 Å². The summed E-state index contributed by atoms with van der Waals surface area (Å²) in [6.07, 6.45) is 0. The third-order valence-corrected chi connectivity index (χ3v) is 3.20. The second-order valence-corrected chi connectivity index (χ2v) is 4.78. The molecule has 4 nitrogen and oxygen atoms in total. The largest absolute Gasteiger partial charge is 0.351 e. The summed E-state index contributed by atoms with van der Waals surface area (Å²) in [5, 5.41) is 2.81. The molecule has 0 spiro atoms. The Morgan fingerprint density at radius 2 is 1.70 bits per heavy atom. The monoisotopic (exact) mass is 299 g/mol. The van der Waals surface area contributed by atoms with Gasteiger partial charge in [-0.05, 0) is 31.1 Å². The maximum Gasteiger partial charge on any atom is 0.236 e. The molecule has 20 heavy (non-hydrogen) atoms. The number of nitrogens with two attached hydrogens (primary N) is 1. The normalized spacial score (nSPS) is 11.8. The summed E-state index contributed by atoms with van der Waals surface area (Å²) in [6.45, 7) is 9.64. The molecule has 0 saturated heterocycles. The summed E-state index contributed by atoms with van der Waals surface area (Å²) in [7, 11) is 0. The van der Waals surface area contributed by atoms with Gasteiger partial charge in [0.25, 0.3) is 0 Å². The van der Waals surface area contributed by atoms with Gasteiger partial charge in [-0.25, -0.2) is 0 Å². The van der Waals surface area contributed by atoms with E-state index in [9.17, 15) is 4.79 Å². The average molecular weight is 300 g/mol. The molecule has 0 heterocycles. The molecule has 0 aliphatic rings. The fourth-order valence-electron chi connectivity index (χ4n) is 1.82. The van der Waals surface area contributed by atoms with Gasteiger partial charge in [0.1, 0.15) is 0 Å². The molecular weight excluding hydrogens is 274 g/mol. The van der Waals surface area contributed by atoms with Crippen LogP contribution in [0.4, 0.5) is 0 Å². The van der Waals surface area contributed by atoms with Crippen molar-refractivity contribution in [3.8, 4) is 0 Å². The van der Waals surface area contributed by atoms with Crippen molar-refractivity contribution in [2.24, 2.45) is 5.73 Å². The van der Waals surface area contributed by atoms with Crippen LogP contribution in [-0.4, -0.2) is 29.9 Å². The van der Waals surface area contributed by atoms with Crippen LogP contribution in [0.3, 0.4) is 0 Å². The van der Waals surface area contributed by atoms with Gasteiger partial charge in [0.15, 0.2) is 0 Å². The van der Waals surface area contributed by atoms with Crippen LogP contribution in [0.5, 0.6) is 0 Å². The Hall–Kier alpha value is -1.10. The second kappa shape index (κ2) is 9.75. The van der Waals surface area contributed by atoms with E-state index in [4.69, 9.17) is 5.73 Å². The lowest BCUT2D eigenvalue weighted by atomic mass is 10.1. The van der Waals surface area contributed by atoms with E-state index in [1.807, 2.05) is 0 Å². The van der Waals surface area contributed by atoms with Gasteiger partial charge in [0.2, 0.25) is 5.91 Å². The zero-order chi connectivity index (χ0) is 14.3. The number of benzene rings is 1. The number of halogens is 1. The van der Waals surface area contributed by atoms with Crippen LogP contribution in [0.25, 0.3) is 0 Å². The summed E-state index contributed by atoms with van der Waals surface area (Å²) in [5.41, 5.74) is 7.88. The maximum absolute atomic E-state index is 11.4. The third kappa shape index (κ3) is 6.37. The molecule has 1 atom stereocenters. The molecule has 1 rings (SSSR count). The van der Waals surface area contributed by atoms with Crippen LogP contribution < -0.4 is 11.1 Å². The van der Waals surface area contributed by atoms with Gasteiger partial charge in [-0.15, -0.1) is 12.4 Å². The molecule has 5 heteroatoms. The standard InChI is InChI=1S/C15H25N3O.ClH/c1-4-18(5-2)11-14-8-6-13(7-9-14)10-17-15(19)12(3)16;/h6-9,12H,4-5,10-11,16H2,1-3H3,(H,17,19);1H. The van der Waals surface area contributed by atoms with Crippen LogP contribution in [0.15, 0.2) is 24.3 Å². The second-order valence-electron chi connectivity index (χ2n) is 4.78. The van der Waals surface area contributed by atoms with E-state index in [0.29, 0.717) is 6.54 Å². The average Bonchev–Trinajstić information content (AvgIpc) is 2.43. The first-order valence-corrected chi connectivity index (χ1v) is 6.90. The highest BCUT2D eigenvalue weighted by Gasteiger charge is 2.06. The van der Waals surface area contributed by atoms with Crippen LogP contribution in [-0.2, 0) is 17.9 Å². The van der Waals surface area contributed by atoms with Gasteiger partial charge in [0, 0.05) is 13.1 Å². The molecule has 0 aliphatic heterocycles. The smallest absolute Gasteiger partial charge is 0.236 e. The SMILES string of the molecule is CCN(CC)Cc1ccc(CNC(=O)C(C)N)cc1.Cl. The first-order valence-electron chi connectivity index (χ1n) is 6.90. The molecule has 0 radical (unpaired) electrons. The minimum Gasteiger partial charge on any atom is -0.351 e. The minimum absolute atomic E-state index is 0. The Labute approximate surface area is 128 Å². The van der Waals surface area contributed by atoms with E-state index in [2.05, 4.69) is 48.3 Å². The predicted octanol–water partition coefficient (Wildman–Crippen LogP) is 1.91. The van der Waals surface area contributed by atoms with Crippen molar-refractivity contribution in [1.82, 2.24) is 10.2 Å². The maximum atomic E-state index is 11.4. The summed E-state index contributed by atoms with van der Waals surface area (Å²) in [4.78, 5) is 13.7. The van der Waals surface area contributed by atoms with Crippen molar-refractivity contribution in [2.45, 2.75) is 39.9 Å². The van der Waals surface area contributed by atoms with E-state index in [0.717, 1.165) is 25.2 Å². The third-order valence-electron chi connectivity index (χ3n) is 3.20. The molecular formula is C15H26ClN3O. The van der Waals surface area contributed by atoms with Gasteiger partial charge in [-0.3, -0.25) is 9.69 Å². The lowest BCUT2D eigenvalue weighted by molar-refractivity contribution is -0.122. The molecule has 0 aromatic heterocycles. The van der Waals surface area contributed by atoms with Crippen LogP contribution in [0.1, 0.15) is 31.9 Å². The molecule has 1 amide bonds. The van der Waals surface area contributed by atoms with Crippen LogP contribution in [0.2, 0.25) is 0 Å². The van der Waals surface area contributed by atoms with Crippen LogP contribution in [0, 0.1) is 0 Å². The number of carbonyl (C=O) groups excluding carboxylic acids is 1. The number of nitrogens with one attached hydrogen (secondary N) is 1. The fourth-order valence-corrected chi connectivity index (χ4v) is 1.82. The van der Waals surface area contributed by atoms with E-state index in [1.165, 1.54) is 5.56 Å². The predicted molar refractivity (Wildman–Crippen MR) is 85.8 cm³/mol. The van der Waals surface area contributed by atoms with Crippen molar-refractivity contribution >= 4 is 18.3 Å². The number of amides is 1. The lowest BCUT2D eigenvalue weighted by Gasteiger charge is -2.18. The first-order chi connectivity index (χ1) is 9.06. The van der Waals surface area contributed by atoms with Gasteiger partial charge in [-0.1, -0.05) is 38.1 Å². The van der Waals surface area contributed by atoms with E-state index in [-0.39, 0.29) is 18.3 Å². The number of carbonyl (C=O) groups is 1. The molecule has 1 aromatic carbocycles. The quantitative estimate of drug-likeness (QED) is 0.808. The lowest BCUT2D eigenvalue weighted by Crippen LogP contribution is -2.37. The minimum atomic E-state index is -0.457. The van der Waals surface area contributed by atoms with Gasteiger partial charge >= 0.3 is 0 Å². The van der Waals surface area contributed by atoms with Crippen molar-refractivity contribution in [2.75, 3.05) is 13.1 Å². The van der Waals surface area contributed by atoms with Gasteiger partial charge in [-0.2, -0.15) is 0 Å². The Kier molecular flexibility index (Phi) is 9.21. The highest BCUT2D eigenvalue weighted by molar-refractivity contribution is 5.85. The van der Waals surface area contributed by atoms with Crippen molar-refractivity contribution in [1.29, 1.82) is 0 Å². The number of hydrogen-bond acceptors (Lipinski definition) is 3. The molecule has 0 bridgehead atoms. The van der Waals surface area contributed by atoms with Gasteiger partial charge < -0.3 is 11.1 Å². The Bertz CT molecular complexity index is 389. The number of nitrogens with zero attached hydrogens (tertiary/aromatic N) is 1. The van der Waals surface area contributed by atoms with Crippen molar-refractivity contribution in [3.05, 3.63) is 35.4 Å². The molecule has 0 aliphatic carbocycles.